The van der Waals surface area contributed by atoms with Crippen LogP contribution in [-0.2, 0) is 17.8 Å². The van der Waals surface area contributed by atoms with E-state index in [-0.39, 0.29) is 37.3 Å². The van der Waals surface area contributed by atoms with E-state index < -0.39 is 0 Å². The van der Waals surface area contributed by atoms with Crippen LogP contribution >= 0.6 is 36.2 Å². The minimum Gasteiger partial charge on any atom is -0.339 e. The molecule has 1 amide bonds. The van der Waals surface area contributed by atoms with Gasteiger partial charge in [-0.1, -0.05) is 6.92 Å². The third-order valence-corrected chi connectivity index (χ3v) is 4.23. The van der Waals surface area contributed by atoms with Crippen molar-refractivity contribution in [3.05, 3.63) is 16.1 Å². The molecule has 116 valence electrons. The van der Waals surface area contributed by atoms with Crippen molar-refractivity contribution in [1.29, 1.82) is 0 Å². The number of rotatable bonds is 4. The minimum absolute atomic E-state index is 0. The van der Waals surface area contributed by atoms with Crippen LogP contribution in [0.2, 0.25) is 0 Å². The van der Waals surface area contributed by atoms with Crippen LogP contribution in [0.25, 0.3) is 0 Å². The maximum Gasteiger partial charge on any atom is 0.236 e. The van der Waals surface area contributed by atoms with Crippen LogP contribution in [0, 0.1) is 0 Å². The summed E-state index contributed by atoms with van der Waals surface area (Å²) in [5.74, 6) is 0.0524. The molecule has 1 aromatic rings. The number of piperazine rings is 1. The molecule has 0 radical (unpaired) electrons. The molecule has 0 saturated carbocycles. The van der Waals surface area contributed by atoms with Gasteiger partial charge in [0.2, 0.25) is 5.91 Å². The fourth-order valence-corrected chi connectivity index (χ4v) is 2.83. The zero-order valence-electron chi connectivity index (χ0n) is 11.6. The average Bonchev–Trinajstić information content (AvgIpc) is 2.86. The average molecular weight is 341 g/mol. The quantitative estimate of drug-likeness (QED) is 0.893. The zero-order valence-corrected chi connectivity index (χ0v) is 14.0. The summed E-state index contributed by atoms with van der Waals surface area (Å²) in [6, 6.07) is 0. The fraction of sp³-hybridized carbons (Fsp3) is 0.667. The Labute approximate surface area is 136 Å². The highest BCUT2D eigenvalue weighted by Crippen LogP contribution is 2.13. The van der Waals surface area contributed by atoms with Crippen molar-refractivity contribution in [2.75, 3.05) is 32.7 Å². The molecule has 0 atom stereocenters. The van der Waals surface area contributed by atoms with Gasteiger partial charge in [-0.2, -0.15) is 0 Å². The van der Waals surface area contributed by atoms with E-state index in [4.69, 9.17) is 5.73 Å². The number of carbonyl (C=O) groups excluding carboxylic acids is 1. The highest BCUT2D eigenvalue weighted by Gasteiger charge is 2.20. The topological polar surface area (TPSA) is 62.5 Å². The van der Waals surface area contributed by atoms with Gasteiger partial charge in [-0.25, -0.2) is 4.98 Å². The molecule has 1 aliphatic heterocycles. The molecule has 0 spiro atoms. The van der Waals surface area contributed by atoms with E-state index in [0.29, 0.717) is 0 Å². The molecule has 0 bridgehead atoms. The number of carbonyl (C=O) groups is 1. The maximum atomic E-state index is 11.4. The predicted molar refractivity (Wildman–Crippen MR) is 86.9 cm³/mol. The summed E-state index contributed by atoms with van der Waals surface area (Å²) in [6.45, 7) is 6.50. The van der Waals surface area contributed by atoms with Crippen molar-refractivity contribution >= 4 is 42.1 Å². The first kappa shape index (κ1) is 19.6. The summed E-state index contributed by atoms with van der Waals surface area (Å²) < 4.78 is 0. The Hall–Kier alpha value is -0.400. The molecule has 1 fully saturated rings. The van der Waals surface area contributed by atoms with E-state index in [2.05, 4.69) is 22.2 Å². The van der Waals surface area contributed by atoms with E-state index >= 15 is 0 Å². The Kier molecular flexibility index (Phi) is 9.33. The Morgan fingerprint density at radius 3 is 2.50 bits per heavy atom. The first-order valence-corrected chi connectivity index (χ1v) is 7.24. The normalized spacial score (nSPS) is 15.4. The van der Waals surface area contributed by atoms with Gasteiger partial charge in [0.25, 0.3) is 0 Å². The Bertz CT molecular complexity index is 408. The van der Waals surface area contributed by atoms with Gasteiger partial charge >= 0.3 is 0 Å². The van der Waals surface area contributed by atoms with E-state index in [1.807, 2.05) is 4.90 Å². The van der Waals surface area contributed by atoms with Crippen LogP contribution in [0.3, 0.4) is 0 Å². The molecular weight excluding hydrogens is 319 g/mol. The van der Waals surface area contributed by atoms with Crippen molar-refractivity contribution in [2.45, 2.75) is 19.9 Å². The molecule has 2 heterocycles. The maximum absolute atomic E-state index is 11.4. The lowest BCUT2D eigenvalue weighted by atomic mass is 10.3. The third kappa shape index (κ3) is 5.18. The molecule has 0 aromatic carbocycles. The molecule has 0 unspecified atom stereocenters. The molecule has 2 rings (SSSR count). The number of aryl methyl sites for hydroxylation is 1. The Balaban J connectivity index is 0.00000180. The number of nitrogens with zero attached hydrogens (tertiary/aromatic N) is 3. The smallest absolute Gasteiger partial charge is 0.236 e. The molecule has 1 aromatic heterocycles. The van der Waals surface area contributed by atoms with Gasteiger partial charge < -0.3 is 10.6 Å². The first-order valence-electron chi connectivity index (χ1n) is 6.36. The molecule has 1 aliphatic rings. The van der Waals surface area contributed by atoms with Gasteiger partial charge in [0.1, 0.15) is 0 Å². The van der Waals surface area contributed by atoms with E-state index in [1.165, 1.54) is 5.01 Å². The largest absolute Gasteiger partial charge is 0.339 e. The van der Waals surface area contributed by atoms with Gasteiger partial charge in [-0.15, -0.1) is 36.2 Å². The van der Waals surface area contributed by atoms with Crippen LogP contribution in [0.15, 0.2) is 5.38 Å². The second kappa shape index (κ2) is 9.52. The summed E-state index contributed by atoms with van der Waals surface area (Å²) in [7, 11) is 0. The van der Waals surface area contributed by atoms with Gasteiger partial charge in [0, 0.05) is 38.1 Å². The lowest BCUT2D eigenvalue weighted by molar-refractivity contribution is -0.131. The minimum atomic E-state index is 0. The third-order valence-electron chi connectivity index (χ3n) is 3.19. The predicted octanol–water partition coefficient (Wildman–Crippen LogP) is 1.15. The fourth-order valence-electron chi connectivity index (χ4n) is 2.10. The van der Waals surface area contributed by atoms with Crippen LogP contribution in [-0.4, -0.2) is 53.4 Å². The SMILES string of the molecule is CCc1nc(CN2CCN(C(=O)CN)CC2)cs1.Cl.Cl. The zero-order chi connectivity index (χ0) is 13.0. The number of nitrogens with two attached hydrogens (primary N) is 1. The number of amides is 1. The van der Waals surface area contributed by atoms with Gasteiger partial charge in [0.05, 0.1) is 17.2 Å². The van der Waals surface area contributed by atoms with E-state index in [1.54, 1.807) is 11.3 Å². The van der Waals surface area contributed by atoms with Crippen molar-refractivity contribution in [2.24, 2.45) is 5.73 Å². The summed E-state index contributed by atoms with van der Waals surface area (Å²) in [6.07, 6.45) is 1.00. The van der Waals surface area contributed by atoms with Crippen molar-refractivity contribution in [3.63, 3.8) is 0 Å². The molecule has 0 aliphatic carbocycles. The van der Waals surface area contributed by atoms with Gasteiger partial charge in [-0.05, 0) is 6.42 Å². The number of hydrogen-bond acceptors (Lipinski definition) is 5. The molecule has 5 nitrogen and oxygen atoms in total. The van der Waals surface area contributed by atoms with Crippen LogP contribution in [0.1, 0.15) is 17.6 Å². The van der Waals surface area contributed by atoms with Gasteiger partial charge in [-0.3, -0.25) is 9.69 Å². The number of thiazole rings is 1. The highest BCUT2D eigenvalue weighted by molar-refractivity contribution is 7.09. The van der Waals surface area contributed by atoms with Crippen molar-refractivity contribution in [1.82, 2.24) is 14.8 Å². The highest BCUT2D eigenvalue weighted by atomic mass is 35.5. The van der Waals surface area contributed by atoms with E-state index in [9.17, 15) is 4.79 Å². The number of hydrogen-bond donors (Lipinski definition) is 1. The standard InChI is InChI=1S/C12H20N4OS.2ClH/c1-2-11-14-10(9-18-11)8-15-3-5-16(6-4-15)12(17)7-13;;/h9H,2-8,13H2,1H3;2*1H. The van der Waals surface area contributed by atoms with E-state index in [0.717, 1.165) is 44.8 Å². The summed E-state index contributed by atoms with van der Waals surface area (Å²) >= 11 is 1.73. The monoisotopic (exact) mass is 340 g/mol. The molecular formula is C12H22Cl2N4OS. The molecule has 20 heavy (non-hydrogen) atoms. The Morgan fingerprint density at radius 2 is 2.00 bits per heavy atom. The van der Waals surface area contributed by atoms with Crippen molar-refractivity contribution in [3.8, 4) is 0 Å². The second-order valence-corrected chi connectivity index (χ2v) is 5.39. The first-order chi connectivity index (χ1) is 8.72. The van der Waals surface area contributed by atoms with Crippen LogP contribution in [0.5, 0.6) is 0 Å². The lowest BCUT2D eigenvalue weighted by Gasteiger charge is -2.34. The lowest BCUT2D eigenvalue weighted by Crippen LogP contribution is -2.49. The van der Waals surface area contributed by atoms with Crippen molar-refractivity contribution < 1.29 is 4.79 Å². The molecule has 1 saturated heterocycles. The van der Waals surface area contributed by atoms with Crippen LogP contribution < -0.4 is 5.73 Å². The van der Waals surface area contributed by atoms with Crippen LogP contribution in [0.4, 0.5) is 0 Å². The van der Waals surface area contributed by atoms with Gasteiger partial charge in [0.15, 0.2) is 0 Å². The molecule has 8 heteroatoms. The number of aromatic nitrogens is 1. The summed E-state index contributed by atoms with van der Waals surface area (Å²) in [5.41, 5.74) is 6.51. The Morgan fingerprint density at radius 1 is 1.35 bits per heavy atom. The second-order valence-electron chi connectivity index (χ2n) is 4.45. The number of halogens is 2. The summed E-state index contributed by atoms with van der Waals surface area (Å²) in [4.78, 5) is 20.2. The summed E-state index contributed by atoms with van der Waals surface area (Å²) in [5, 5.41) is 3.33. The molecule has 2 N–H and O–H groups in total.